The summed E-state index contributed by atoms with van der Waals surface area (Å²) >= 11 is 0. The number of carbonyl (C=O) groups is 1. The third kappa shape index (κ3) is 4.92. The van der Waals surface area contributed by atoms with Crippen molar-refractivity contribution >= 4 is 5.97 Å². The molecule has 0 aliphatic carbocycles. The minimum absolute atomic E-state index is 0.0168. The molecule has 0 radical (unpaired) electrons. The molecule has 0 N–H and O–H groups in total. The van der Waals surface area contributed by atoms with E-state index < -0.39 is 0 Å². The van der Waals surface area contributed by atoms with Gasteiger partial charge >= 0.3 is 5.97 Å². The quantitative estimate of drug-likeness (QED) is 0.444. The number of rotatable bonds is 8. The topological polar surface area (TPSA) is 48.0 Å². The van der Waals surface area contributed by atoms with E-state index in [1.54, 1.807) is 6.92 Å². The van der Waals surface area contributed by atoms with Crippen LogP contribution in [0.3, 0.4) is 0 Å². The number of nitrogens with zero attached hydrogens (tertiary/aromatic N) is 1. The van der Waals surface area contributed by atoms with Crippen molar-refractivity contribution in [3.8, 4) is 0 Å². The number of hydrogen-bond donors (Lipinski definition) is 0. The van der Waals surface area contributed by atoms with E-state index in [9.17, 15) is 4.79 Å². The Bertz CT molecular complexity index is 204. The van der Waals surface area contributed by atoms with Gasteiger partial charge in [-0.2, -0.15) is 0 Å². The van der Waals surface area contributed by atoms with Gasteiger partial charge in [0.25, 0.3) is 0 Å². The Morgan fingerprint density at radius 1 is 1.31 bits per heavy atom. The number of esters is 1. The molecule has 0 aromatic rings. The van der Waals surface area contributed by atoms with Crippen LogP contribution in [0.25, 0.3) is 0 Å². The van der Waals surface area contributed by atoms with Crippen LogP contribution in [0.2, 0.25) is 0 Å². The van der Waals surface area contributed by atoms with E-state index >= 15 is 0 Å². The molecule has 0 amide bonds. The van der Waals surface area contributed by atoms with E-state index in [-0.39, 0.29) is 12.6 Å². The molecule has 5 nitrogen and oxygen atoms in total. The van der Waals surface area contributed by atoms with Crippen LogP contribution in [0.1, 0.15) is 13.8 Å². The van der Waals surface area contributed by atoms with Gasteiger partial charge in [0.05, 0.1) is 25.9 Å². The van der Waals surface area contributed by atoms with Gasteiger partial charge in [-0.1, -0.05) is 6.92 Å². The van der Waals surface area contributed by atoms with Gasteiger partial charge in [-0.15, -0.1) is 0 Å². The first kappa shape index (κ1) is 13.4. The van der Waals surface area contributed by atoms with Gasteiger partial charge in [0.2, 0.25) is 0 Å². The van der Waals surface area contributed by atoms with Crippen LogP contribution >= 0.6 is 0 Å². The third-order valence-electron chi connectivity index (χ3n) is 2.48. The molecule has 5 heteroatoms. The second kappa shape index (κ2) is 7.60. The minimum Gasteiger partial charge on any atom is -0.464 e. The van der Waals surface area contributed by atoms with Crippen molar-refractivity contribution in [2.24, 2.45) is 0 Å². The molecular formula is C11H21NO4. The number of likely N-dealkylation sites (tertiary alicyclic amines) is 1. The fraction of sp³-hybridized carbons (Fsp3) is 0.909. The van der Waals surface area contributed by atoms with Crippen molar-refractivity contribution in [1.82, 2.24) is 4.90 Å². The number of hydrogen-bond acceptors (Lipinski definition) is 5. The van der Waals surface area contributed by atoms with Crippen molar-refractivity contribution in [1.29, 1.82) is 0 Å². The highest BCUT2D eigenvalue weighted by atomic mass is 16.6. The maximum Gasteiger partial charge on any atom is 0.332 e. The first-order valence-electron chi connectivity index (χ1n) is 5.83. The highest BCUT2D eigenvalue weighted by molar-refractivity contribution is 5.70. The van der Waals surface area contributed by atoms with Crippen molar-refractivity contribution in [3.05, 3.63) is 0 Å². The van der Waals surface area contributed by atoms with Crippen molar-refractivity contribution in [2.75, 3.05) is 46.1 Å². The SMILES string of the molecule is CCOC(=O)COCCOC1CN(CC)C1. The molecule has 0 saturated carbocycles. The van der Waals surface area contributed by atoms with Crippen LogP contribution in [0.15, 0.2) is 0 Å². The Morgan fingerprint density at radius 2 is 2.06 bits per heavy atom. The summed E-state index contributed by atoms with van der Waals surface area (Å²) in [6.45, 7) is 8.41. The number of ether oxygens (including phenoxy) is 3. The lowest BCUT2D eigenvalue weighted by Gasteiger charge is -2.38. The summed E-state index contributed by atoms with van der Waals surface area (Å²) in [5.74, 6) is -0.316. The fourth-order valence-corrected chi connectivity index (χ4v) is 1.52. The summed E-state index contributed by atoms with van der Waals surface area (Å²) in [5, 5.41) is 0. The highest BCUT2D eigenvalue weighted by Crippen LogP contribution is 2.09. The average Bonchev–Trinajstić information content (AvgIpc) is 2.20. The van der Waals surface area contributed by atoms with E-state index in [0.717, 1.165) is 19.6 Å². The number of carbonyl (C=O) groups excluding carboxylic acids is 1. The summed E-state index contributed by atoms with van der Waals surface area (Å²) in [4.78, 5) is 13.2. The lowest BCUT2D eigenvalue weighted by molar-refractivity contribution is -0.149. The lowest BCUT2D eigenvalue weighted by Crippen LogP contribution is -2.52. The molecule has 0 atom stereocenters. The first-order chi connectivity index (χ1) is 7.76. The molecule has 1 heterocycles. The Morgan fingerprint density at radius 3 is 2.69 bits per heavy atom. The predicted octanol–water partition coefficient (Wildman–Crippen LogP) is 0.287. The third-order valence-corrected chi connectivity index (χ3v) is 2.48. The smallest absolute Gasteiger partial charge is 0.332 e. The molecule has 0 unspecified atom stereocenters. The molecule has 16 heavy (non-hydrogen) atoms. The molecule has 94 valence electrons. The Kier molecular flexibility index (Phi) is 6.37. The molecule has 0 aromatic heterocycles. The standard InChI is InChI=1S/C11H21NO4/c1-3-12-7-10(8-12)16-6-5-14-9-11(13)15-4-2/h10H,3-9H2,1-2H3. The van der Waals surface area contributed by atoms with Gasteiger partial charge in [0.15, 0.2) is 0 Å². The molecule has 0 bridgehead atoms. The maximum atomic E-state index is 10.9. The first-order valence-corrected chi connectivity index (χ1v) is 5.83. The average molecular weight is 231 g/mol. The summed E-state index contributed by atoms with van der Waals surface area (Å²) in [7, 11) is 0. The van der Waals surface area contributed by atoms with Gasteiger partial charge in [0, 0.05) is 13.1 Å². The van der Waals surface area contributed by atoms with Crippen LogP contribution < -0.4 is 0 Å². The fourth-order valence-electron chi connectivity index (χ4n) is 1.52. The summed E-state index contributed by atoms with van der Waals surface area (Å²) in [6.07, 6.45) is 0.339. The van der Waals surface area contributed by atoms with E-state index in [0.29, 0.717) is 25.9 Å². The zero-order valence-corrected chi connectivity index (χ0v) is 10.1. The second-order valence-electron chi connectivity index (χ2n) is 3.70. The zero-order chi connectivity index (χ0) is 11.8. The molecule has 1 saturated heterocycles. The molecule has 0 aromatic carbocycles. The van der Waals surface area contributed by atoms with E-state index in [4.69, 9.17) is 14.2 Å². The summed E-state index contributed by atoms with van der Waals surface area (Å²) in [5.41, 5.74) is 0. The molecule has 0 spiro atoms. The van der Waals surface area contributed by atoms with Gasteiger partial charge in [-0.3, -0.25) is 4.90 Å². The zero-order valence-electron chi connectivity index (χ0n) is 10.1. The van der Waals surface area contributed by atoms with Crippen LogP contribution in [0.5, 0.6) is 0 Å². The molecule has 1 aliphatic rings. The van der Waals surface area contributed by atoms with Gasteiger partial charge in [0.1, 0.15) is 6.61 Å². The molecule has 1 fully saturated rings. The van der Waals surface area contributed by atoms with Crippen LogP contribution in [-0.2, 0) is 19.0 Å². The second-order valence-corrected chi connectivity index (χ2v) is 3.70. The molecule has 1 rings (SSSR count). The number of likely N-dealkylation sites (N-methyl/N-ethyl adjacent to an activating group) is 1. The van der Waals surface area contributed by atoms with E-state index in [1.807, 2.05) is 0 Å². The van der Waals surface area contributed by atoms with Gasteiger partial charge < -0.3 is 14.2 Å². The van der Waals surface area contributed by atoms with Crippen LogP contribution in [0.4, 0.5) is 0 Å². The monoisotopic (exact) mass is 231 g/mol. The van der Waals surface area contributed by atoms with Crippen molar-refractivity contribution < 1.29 is 19.0 Å². The van der Waals surface area contributed by atoms with E-state index in [1.165, 1.54) is 0 Å². The van der Waals surface area contributed by atoms with Crippen LogP contribution in [-0.4, -0.2) is 63.0 Å². The largest absolute Gasteiger partial charge is 0.464 e. The Labute approximate surface area is 96.6 Å². The van der Waals surface area contributed by atoms with Crippen LogP contribution in [0, 0.1) is 0 Å². The Hall–Kier alpha value is -0.650. The van der Waals surface area contributed by atoms with Crippen molar-refractivity contribution in [3.63, 3.8) is 0 Å². The van der Waals surface area contributed by atoms with Crippen molar-refractivity contribution in [2.45, 2.75) is 20.0 Å². The normalized spacial score (nSPS) is 17.1. The predicted molar refractivity (Wildman–Crippen MR) is 59.3 cm³/mol. The highest BCUT2D eigenvalue weighted by Gasteiger charge is 2.25. The Balaban J connectivity index is 1.84. The minimum atomic E-state index is -0.316. The van der Waals surface area contributed by atoms with E-state index in [2.05, 4.69) is 11.8 Å². The molecular weight excluding hydrogens is 210 g/mol. The maximum absolute atomic E-state index is 10.9. The van der Waals surface area contributed by atoms with Gasteiger partial charge in [-0.05, 0) is 13.5 Å². The van der Waals surface area contributed by atoms with Gasteiger partial charge in [-0.25, -0.2) is 4.79 Å². The summed E-state index contributed by atoms with van der Waals surface area (Å²) < 4.78 is 15.4. The molecule has 1 aliphatic heterocycles. The summed E-state index contributed by atoms with van der Waals surface area (Å²) in [6, 6.07) is 0. The lowest BCUT2D eigenvalue weighted by atomic mass is 10.2.